The standard InChI is InChI=1S/C52H35NO/c1-3-12-36(13-4-1)38-22-24-39(25-23-38)40-28-30-45(31-29-40)53(46-19-11-18-43(35-46)44-27-26-37-14-7-8-17-42(37)34-44)49-33-32-47(41-15-5-2-6-16-41)52-51(49)48-20-9-10-21-50(48)54-52/h1-35H/i1D,2D,3D,4D,5D,6D,7D,8D,9D,10D,11D,12D,13D,14D,15D,16D,17D,18D,19D,20D,21D,22D,23D,24D,25D,26D,27D,28D,29D,30D,31D,32D,33D,34D,35D. The average molecular weight is 725 g/mol. The second kappa shape index (κ2) is 13.4. The molecule has 0 spiro atoms. The van der Waals surface area contributed by atoms with Gasteiger partial charge >= 0.3 is 0 Å². The number of rotatable bonds is 7. The van der Waals surface area contributed by atoms with Crippen LogP contribution in [0.5, 0.6) is 0 Å². The first-order chi connectivity index (χ1) is 41.4. The van der Waals surface area contributed by atoms with Gasteiger partial charge in [0.05, 0.1) is 59.1 Å². The number of nitrogens with zero attached hydrogens (tertiary/aromatic N) is 1. The van der Waals surface area contributed by atoms with Crippen LogP contribution in [0.2, 0.25) is 0 Å². The Morgan fingerprint density at radius 3 is 1.67 bits per heavy atom. The quantitative estimate of drug-likeness (QED) is 0.163. The minimum atomic E-state index is -1.41. The lowest BCUT2D eigenvalue weighted by Gasteiger charge is -2.27. The predicted octanol–water partition coefficient (Wildman–Crippen LogP) is 14.9. The molecule has 0 aliphatic carbocycles. The van der Waals surface area contributed by atoms with Gasteiger partial charge in [-0.05, 0) is 98.1 Å². The zero-order chi connectivity index (χ0) is 66.3. The summed E-state index contributed by atoms with van der Waals surface area (Å²) >= 11 is 0. The highest BCUT2D eigenvalue weighted by molar-refractivity contribution is 6.17. The number of furan rings is 1. The fourth-order valence-corrected chi connectivity index (χ4v) is 5.47. The third-order valence-electron chi connectivity index (χ3n) is 7.87. The molecule has 0 amide bonds. The molecule has 1 aromatic heterocycles. The summed E-state index contributed by atoms with van der Waals surface area (Å²) in [5.41, 5.74) is -13.0. The van der Waals surface area contributed by atoms with Gasteiger partial charge in [-0.15, -0.1) is 0 Å². The largest absolute Gasteiger partial charge is 0.455 e. The van der Waals surface area contributed by atoms with Gasteiger partial charge in [0.2, 0.25) is 0 Å². The van der Waals surface area contributed by atoms with Crippen LogP contribution < -0.4 is 4.90 Å². The Morgan fingerprint density at radius 1 is 0.370 bits per heavy atom. The van der Waals surface area contributed by atoms with Crippen LogP contribution in [-0.2, 0) is 0 Å². The van der Waals surface area contributed by atoms with E-state index in [-0.39, 0.29) is 0 Å². The van der Waals surface area contributed by atoms with Crippen molar-refractivity contribution in [2.75, 3.05) is 4.90 Å². The molecule has 0 N–H and O–H groups in total. The number of fused-ring (bicyclic) bond motifs is 4. The van der Waals surface area contributed by atoms with Gasteiger partial charge in [0.15, 0.2) is 0 Å². The highest BCUT2D eigenvalue weighted by Gasteiger charge is 2.22. The molecule has 0 radical (unpaired) electrons. The summed E-state index contributed by atoms with van der Waals surface area (Å²) in [7, 11) is 0. The number of hydrogen-bond donors (Lipinski definition) is 0. The van der Waals surface area contributed by atoms with Crippen molar-refractivity contribution in [3.8, 4) is 44.5 Å². The van der Waals surface area contributed by atoms with Crippen molar-refractivity contribution in [3.05, 3.63) is 211 Å². The summed E-state index contributed by atoms with van der Waals surface area (Å²) < 4.78 is 321. The van der Waals surface area contributed by atoms with Crippen LogP contribution in [0, 0.1) is 0 Å². The lowest BCUT2D eigenvalue weighted by atomic mass is 9.98. The Kier molecular flexibility index (Phi) is 2.97. The molecule has 9 aromatic carbocycles. The zero-order valence-electron chi connectivity index (χ0n) is 61.9. The molecule has 2 nitrogen and oxygen atoms in total. The number of para-hydroxylation sites is 1. The molecule has 0 bridgehead atoms. The molecule has 0 fully saturated rings. The van der Waals surface area contributed by atoms with E-state index in [0.717, 1.165) is 0 Å². The molecule has 0 saturated carbocycles. The first-order valence-corrected chi connectivity index (χ1v) is 15.6. The van der Waals surface area contributed by atoms with Gasteiger partial charge in [0.25, 0.3) is 0 Å². The Balaban J connectivity index is 1.45. The van der Waals surface area contributed by atoms with E-state index >= 15 is 0 Å². The minimum Gasteiger partial charge on any atom is -0.455 e. The van der Waals surface area contributed by atoms with E-state index in [4.69, 9.17) is 31.8 Å². The number of benzene rings is 9. The van der Waals surface area contributed by atoms with E-state index in [1.165, 1.54) is 0 Å². The lowest BCUT2D eigenvalue weighted by Crippen LogP contribution is -2.10. The van der Waals surface area contributed by atoms with Gasteiger partial charge in [0.1, 0.15) is 11.2 Å². The molecule has 0 aliphatic rings. The Labute approximate surface area is 364 Å². The number of hydrogen-bond acceptors (Lipinski definition) is 2. The first kappa shape index (κ1) is 11.9. The van der Waals surface area contributed by atoms with E-state index in [1.54, 1.807) is 0 Å². The maximum absolute atomic E-state index is 10.0. The van der Waals surface area contributed by atoms with Crippen molar-refractivity contribution in [1.82, 2.24) is 0 Å². The van der Waals surface area contributed by atoms with Gasteiger partial charge in [-0.1, -0.05) is 163 Å². The van der Waals surface area contributed by atoms with Gasteiger partial charge < -0.3 is 9.32 Å². The monoisotopic (exact) mass is 724 g/mol. The van der Waals surface area contributed by atoms with Crippen LogP contribution in [0.25, 0.3) is 77.2 Å². The Bertz CT molecular complexity index is 4860. The molecule has 254 valence electrons. The molecular formula is C52H35NO. The molecule has 10 rings (SSSR count). The van der Waals surface area contributed by atoms with Crippen molar-refractivity contribution in [3.63, 3.8) is 0 Å². The van der Waals surface area contributed by atoms with Crippen molar-refractivity contribution in [2.45, 2.75) is 0 Å². The third kappa shape index (κ3) is 5.71. The van der Waals surface area contributed by atoms with Crippen molar-refractivity contribution in [1.29, 1.82) is 0 Å². The van der Waals surface area contributed by atoms with E-state index in [9.17, 15) is 20.6 Å². The fraction of sp³-hybridized carbons (Fsp3) is 0. The molecule has 2 heteroatoms. The Morgan fingerprint density at radius 2 is 0.926 bits per heavy atom. The molecule has 1 heterocycles. The third-order valence-corrected chi connectivity index (χ3v) is 7.87. The highest BCUT2D eigenvalue weighted by Crippen LogP contribution is 2.46. The molecule has 10 aromatic rings. The van der Waals surface area contributed by atoms with Crippen molar-refractivity contribution in [2.24, 2.45) is 0 Å². The predicted molar refractivity (Wildman–Crippen MR) is 228 cm³/mol. The highest BCUT2D eigenvalue weighted by atomic mass is 16.3. The van der Waals surface area contributed by atoms with E-state index in [0.29, 0.717) is 4.90 Å². The Hall–Kier alpha value is -7.16. The molecule has 0 saturated heterocycles. The molecular weight excluding hydrogens is 655 g/mol. The van der Waals surface area contributed by atoms with Crippen molar-refractivity contribution >= 4 is 49.8 Å². The normalized spacial score (nSPS) is 20.4. The van der Waals surface area contributed by atoms with Gasteiger partial charge in [0, 0.05) is 22.3 Å². The van der Waals surface area contributed by atoms with Crippen LogP contribution in [0.3, 0.4) is 0 Å². The van der Waals surface area contributed by atoms with E-state index < -0.39 is 306 Å². The SMILES string of the molecule is [2H]c1c([2H])c([2H])c(-c2c([2H])c([2H])c(-c3c([2H])c([2H])c(N(c4c([2H])c([2H])c([2H])c(-c5c([2H])c([2H])c6c([2H])c([2H])c([2H])c([2H])c6c5[2H])c4[2H])c4c([2H])c([2H])c(-c5c([2H])c([2H])c([2H])c([2H])c5[2H])c5oc6c([2H])c([2H])c([2H])c([2H])c6c45)c([2H])c3[2H])c([2H])c2[2H])c([2H])c1[2H]. The summed E-state index contributed by atoms with van der Waals surface area (Å²) in [5.74, 6) is 0. The summed E-state index contributed by atoms with van der Waals surface area (Å²) in [6.07, 6.45) is 0. The van der Waals surface area contributed by atoms with Crippen LogP contribution in [0.4, 0.5) is 17.1 Å². The van der Waals surface area contributed by atoms with Crippen LogP contribution in [0.15, 0.2) is 216 Å². The summed E-state index contributed by atoms with van der Waals surface area (Å²) in [6.45, 7) is 0. The van der Waals surface area contributed by atoms with Gasteiger partial charge in [-0.3, -0.25) is 0 Å². The minimum absolute atomic E-state index is 0.305. The maximum atomic E-state index is 10.0. The van der Waals surface area contributed by atoms with E-state index in [2.05, 4.69) is 0 Å². The number of anilines is 3. The molecule has 0 atom stereocenters. The molecule has 0 unspecified atom stereocenters. The summed E-state index contributed by atoms with van der Waals surface area (Å²) in [6, 6.07) is -38.4. The summed E-state index contributed by atoms with van der Waals surface area (Å²) in [4.78, 5) is 0.305. The topological polar surface area (TPSA) is 16.4 Å². The van der Waals surface area contributed by atoms with Crippen LogP contribution in [0.1, 0.15) is 48.0 Å². The van der Waals surface area contributed by atoms with Crippen LogP contribution >= 0.6 is 0 Å². The van der Waals surface area contributed by atoms with Gasteiger partial charge in [-0.2, -0.15) is 0 Å². The maximum Gasteiger partial charge on any atom is 0.145 e. The smallest absolute Gasteiger partial charge is 0.145 e. The summed E-state index contributed by atoms with van der Waals surface area (Å²) in [5, 5.41) is -3.11. The van der Waals surface area contributed by atoms with Crippen molar-refractivity contribution < 1.29 is 52.4 Å². The van der Waals surface area contributed by atoms with Gasteiger partial charge in [-0.25, -0.2) is 0 Å². The molecule has 54 heavy (non-hydrogen) atoms. The fourth-order valence-electron chi connectivity index (χ4n) is 5.47. The average Bonchev–Trinajstić information content (AvgIpc) is 1.70. The first-order valence-electron chi connectivity index (χ1n) is 33.1. The second-order valence-corrected chi connectivity index (χ2v) is 11.0. The zero-order valence-corrected chi connectivity index (χ0v) is 26.9. The second-order valence-electron chi connectivity index (χ2n) is 11.0. The molecule has 0 aliphatic heterocycles. The van der Waals surface area contributed by atoms with E-state index in [1.807, 2.05) is 0 Å². The lowest BCUT2D eigenvalue weighted by molar-refractivity contribution is 0.670. The van der Waals surface area contributed by atoms with Crippen LogP contribution in [-0.4, -0.2) is 0 Å².